The van der Waals surface area contributed by atoms with Gasteiger partial charge in [-0.1, -0.05) is 63.4 Å². The van der Waals surface area contributed by atoms with Crippen molar-refractivity contribution in [2.45, 2.75) is 58.6 Å². The summed E-state index contributed by atoms with van der Waals surface area (Å²) >= 11 is 0. The third kappa shape index (κ3) is 3.49. The molecule has 1 aliphatic rings. The third-order valence-corrected chi connectivity index (χ3v) is 4.30. The molecule has 0 N–H and O–H groups in total. The predicted molar refractivity (Wildman–Crippen MR) is 85.3 cm³/mol. The van der Waals surface area contributed by atoms with Gasteiger partial charge in [0.25, 0.3) is 0 Å². The van der Waals surface area contributed by atoms with Gasteiger partial charge < -0.3 is 4.74 Å². The second-order valence-electron chi connectivity index (χ2n) is 6.06. The van der Waals surface area contributed by atoms with E-state index in [9.17, 15) is 9.59 Å². The molecular weight excluding hydrogens is 278 g/mol. The highest BCUT2D eigenvalue weighted by molar-refractivity contribution is 5.94. The number of rotatable bonds is 6. The van der Waals surface area contributed by atoms with Gasteiger partial charge in [-0.15, -0.1) is 0 Å². The molecule has 0 aliphatic carbocycles. The lowest BCUT2D eigenvalue weighted by atomic mass is 9.99. The Balaban J connectivity index is 2.05. The third-order valence-electron chi connectivity index (χ3n) is 4.30. The quantitative estimate of drug-likeness (QED) is 0.736. The molecule has 1 unspecified atom stereocenters. The number of carbonyl (C=O) groups excluding carboxylic acids is 2. The van der Waals surface area contributed by atoms with Gasteiger partial charge in [-0.05, 0) is 18.9 Å². The molecule has 0 aromatic heterocycles. The molecule has 0 spiro atoms. The molecule has 120 valence electrons. The van der Waals surface area contributed by atoms with Gasteiger partial charge in [-0.3, -0.25) is 4.79 Å². The average molecular weight is 303 g/mol. The smallest absolute Gasteiger partial charge is 0.417 e. The van der Waals surface area contributed by atoms with Crippen LogP contribution in [-0.4, -0.2) is 22.9 Å². The maximum Gasteiger partial charge on any atom is 0.417 e. The molecule has 1 fully saturated rings. The van der Waals surface area contributed by atoms with E-state index < -0.39 is 6.09 Å². The highest BCUT2D eigenvalue weighted by atomic mass is 16.6. The van der Waals surface area contributed by atoms with Crippen molar-refractivity contribution in [2.75, 3.05) is 0 Å². The van der Waals surface area contributed by atoms with Crippen molar-refractivity contribution in [1.29, 1.82) is 0 Å². The first-order valence-electron chi connectivity index (χ1n) is 8.14. The van der Waals surface area contributed by atoms with Crippen molar-refractivity contribution in [2.24, 2.45) is 5.92 Å². The highest BCUT2D eigenvalue weighted by Gasteiger charge is 2.44. The molecule has 1 saturated heterocycles. The molecule has 1 aliphatic heterocycles. The summed E-state index contributed by atoms with van der Waals surface area (Å²) in [6, 6.07) is 9.32. The van der Waals surface area contributed by atoms with Gasteiger partial charge in [0, 0.05) is 5.92 Å². The Morgan fingerprint density at radius 1 is 1.27 bits per heavy atom. The van der Waals surface area contributed by atoms with E-state index in [1.807, 2.05) is 44.2 Å². The zero-order valence-electron chi connectivity index (χ0n) is 13.6. The Kier molecular flexibility index (Phi) is 5.58. The van der Waals surface area contributed by atoms with Crippen molar-refractivity contribution in [1.82, 2.24) is 4.90 Å². The van der Waals surface area contributed by atoms with Crippen LogP contribution < -0.4 is 0 Å². The van der Waals surface area contributed by atoms with Crippen molar-refractivity contribution < 1.29 is 14.3 Å². The van der Waals surface area contributed by atoms with E-state index in [2.05, 4.69) is 6.92 Å². The Bertz CT molecular complexity index is 514. The van der Waals surface area contributed by atoms with Gasteiger partial charge in [0.05, 0.1) is 6.04 Å². The molecule has 3 atom stereocenters. The van der Waals surface area contributed by atoms with Gasteiger partial charge in [0.15, 0.2) is 0 Å². The lowest BCUT2D eigenvalue weighted by Gasteiger charge is -2.22. The van der Waals surface area contributed by atoms with Crippen LogP contribution in [0.4, 0.5) is 4.79 Å². The van der Waals surface area contributed by atoms with Gasteiger partial charge in [-0.2, -0.15) is 0 Å². The van der Waals surface area contributed by atoms with Crippen LogP contribution in [-0.2, 0) is 9.53 Å². The molecule has 0 bridgehead atoms. The first-order valence-corrected chi connectivity index (χ1v) is 8.14. The van der Waals surface area contributed by atoms with Gasteiger partial charge >= 0.3 is 6.09 Å². The summed E-state index contributed by atoms with van der Waals surface area (Å²) in [6.07, 6.45) is 3.18. The van der Waals surface area contributed by atoms with Gasteiger partial charge in [0.2, 0.25) is 5.91 Å². The van der Waals surface area contributed by atoms with Crippen molar-refractivity contribution in [3.05, 3.63) is 35.9 Å². The number of unbranched alkanes of at least 4 members (excludes halogenated alkanes) is 2. The number of cyclic esters (lactones) is 1. The molecule has 0 saturated carbocycles. The summed E-state index contributed by atoms with van der Waals surface area (Å²) in [4.78, 5) is 26.0. The van der Waals surface area contributed by atoms with Gasteiger partial charge in [0.1, 0.15) is 6.10 Å². The van der Waals surface area contributed by atoms with E-state index >= 15 is 0 Å². The number of imide groups is 1. The fraction of sp³-hybridized carbons (Fsp3) is 0.556. The fourth-order valence-corrected chi connectivity index (χ4v) is 2.91. The minimum Gasteiger partial charge on any atom is -0.439 e. The van der Waals surface area contributed by atoms with Crippen LogP contribution in [0.3, 0.4) is 0 Å². The zero-order chi connectivity index (χ0) is 16.1. The number of ether oxygens (including phenoxy) is 1. The second-order valence-corrected chi connectivity index (χ2v) is 6.06. The summed E-state index contributed by atoms with van der Waals surface area (Å²) < 4.78 is 5.44. The summed E-state index contributed by atoms with van der Waals surface area (Å²) in [5.74, 6) is -0.261. The summed E-state index contributed by atoms with van der Waals surface area (Å²) in [6.45, 7) is 5.91. The first-order chi connectivity index (χ1) is 10.6. The molecule has 2 rings (SSSR count). The fourth-order valence-electron chi connectivity index (χ4n) is 2.91. The Morgan fingerprint density at radius 3 is 2.59 bits per heavy atom. The molecule has 4 nitrogen and oxygen atoms in total. The molecule has 4 heteroatoms. The molecule has 0 radical (unpaired) electrons. The minimum atomic E-state index is -0.520. The van der Waals surface area contributed by atoms with Crippen molar-refractivity contribution in [3.63, 3.8) is 0 Å². The molecule has 22 heavy (non-hydrogen) atoms. The van der Waals surface area contributed by atoms with Crippen LogP contribution in [0, 0.1) is 5.92 Å². The van der Waals surface area contributed by atoms with Crippen molar-refractivity contribution in [3.8, 4) is 0 Å². The van der Waals surface area contributed by atoms with E-state index in [1.165, 1.54) is 4.90 Å². The predicted octanol–water partition coefficient (Wildman–Crippen LogP) is 4.31. The largest absolute Gasteiger partial charge is 0.439 e. The number of benzene rings is 1. The number of nitrogens with zero attached hydrogens (tertiary/aromatic N) is 1. The minimum absolute atomic E-state index is 0.118. The number of carbonyl (C=O) groups is 2. The molecule has 1 aromatic rings. The topological polar surface area (TPSA) is 46.6 Å². The maximum atomic E-state index is 12.6. The number of hydrogen-bond acceptors (Lipinski definition) is 3. The van der Waals surface area contributed by atoms with Crippen LogP contribution in [0.15, 0.2) is 30.3 Å². The molecule has 1 heterocycles. The highest BCUT2D eigenvalue weighted by Crippen LogP contribution is 2.33. The number of hydrogen-bond donors (Lipinski definition) is 0. The van der Waals surface area contributed by atoms with Crippen LogP contribution in [0.25, 0.3) is 0 Å². The standard InChI is InChI=1S/C18H25NO3/c1-4-5-7-10-13(2)17(20)19-14(3)16(22-18(19)21)15-11-8-6-9-12-15/h6,8-9,11-14,16H,4-5,7,10H2,1-3H3/t13?,14-,16-/m1/s1. The molecular formula is C18H25NO3. The molecule has 2 amide bonds. The van der Waals surface area contributed by atoms with E-state index in [0.29, 0.717) is 0 Å². The van der Waals surface area contributed by atoms with Crippen LogP contribution >= 0.6 is 0 Å². The lowest BCUT2D eigenvalue weighted by Crippen LogP contribution is -2.40. The van der Waals surface area contributed by atoms with E-state index in [4.69, 9.17) is 4.74 Å². The van der Waals surface area contributed by atoms with Crippen molar-refractivity contribution >= 4 is 12.0 Å². The zero-order valence-corrected chi connectivity index (χ0v) is 13.6. The SMILES string of the molecule is CCCCCC(C)C(=O)N1C(=O)O[C@@H](c2ccccc2)[C@H]1C. The maximum absolute atomic E-state index is 12.6. The van der Waals surface area contributed by atoms with E-state index in [0.717, 1.165) is 31.2 Å². The summed E-state index contributed by atoms with van der Waals surface area (Å²) in [7, 11) is 0. The van der Waals surface area contributed by atoms with Crippen LogP contribution in [0.2, 0.25) is 0 Å². The molecule has 1 aromatic carbocycles. The first kappa shape index (κ1) is 16.5. The lowest BCUT2D eigenvalue weighted by molar-refractivity contribution is -0.133. The Morgan fingerprint density at radius 2 is 1.95 bits per heavy atom. The normalized spacial score (nSPS) is 22.5. The van der Waals surface area contributed by atoms with Gasteiger partial charge in [-0.25, -0.2) is 9.69 Å². The van der Waals surface area contributed by atoms with Crippen LogP contribution in [0.5, 0.6) is 0 Å². The van der Waals surface area contributed by atoms with E-state index in [1.54, 1.807) is 0 Å². The average Bonchev–Trinajstić information content (AvgIpc) is 2.82. The Labute approximate surface area is 132 Å². The van der Waals surface area contributed by atoms with Crippen LogP contribution in [0.1, 0.15) is 58.1 Å². The second kappa shape index (κ2) is 7.43. The monoisotopic (exact) mass is 303 g/mol. The summed E-state index contributed by atoms with van der Waals surface area (Å²) in [5.41, 5.74) is 0.928. The Hall–Kier alpha value is -1.84. The number of amides is 2. The summed E-state index contributed by atoms with van der Waals surface area (Å²) in [5, 5.41) is 0. The van der Waals surface area contributed by atoms with E-state index in [-0.39, 0.29) is 24.0 Å².